The number of imidazole rings is 2. The number of nitrogens with zero attached hydrogens (tertiary/aromatic N) is 4. The van der Waals surface area contributed by atoms with Crippen LogP contribution in [0.4, 0.5) is 0 Å². The van der Waals surface area contributed by atoms with Crippen LogP contribution in [-0.2, 0) is 5.66 Å². The molecule has 0 radical (unpaired) electrons. The van der Waals surface area contributed by atoms with Crippen LogP contribution in [0.3, 0.4) is 0 Å². The number of fused-ring (bicyclic) bond motifs is 16. The van der Waals surface area contributed by atoms with Gasteiger partial charge in [0, 0.05) is 32.3 Å². The Balaban J connectivity index is 1.22. The molecule has 5 nitrogen and oxygen atoms in total. The number of ether oxygens (including phenoxy) is 1. The van der Waals surface area contributed by atoms with Gasteiger partial charge in [0.1, 0.15) is 58.4 Å². The minimum atomic E-state index is -0.651. The van der Waals surface area contributed by atoms with E-state index in [4.69, 9.17) is 4.74 Å². The highest BCUT2D eigenvalue weighted by Crippen LogP contribution is 2.58. The number of rotatable bonds is 0. The Kier molecular flexibility index (Phi) is 3.77. The molecule has 52 heavy (non-hydrogen) atoms. The largest absolute Gasteiger partial charge is 0.456 e. The van der Waals surface area contributed by atoms with Gasteiger partial charge in [0.25, 0.3) is 11.3 Å². The second-order valence-electron chi connectivity index (χ2n) is 14.8. The molecule has 0 saturated carbocycles. The number of pyridine rings is 2. The molecule has 7 heterocycles. The fourth-order valence-corrected chi connectivity index (χ4v) is 11.2. The quantitative estimate of drug-likeness (QED) is 0.117. The van der Waals surface area contributed by atoms with Crippen molar-refractivity contribution in [3.05, 3.63) is 157 Å². The van der Waals surface area contributed by atoms with Gasteiger partial charge in [-0.05, 0) is 56.6 Å². The molecule has 3 aliphatic heterocycles. The lowest BCUT2D eigenvalue weighted by molar-refractivity contribution is -0.944. The second kappa shape index (κ2) is 7.83. The van der Waals surface area contributed by atoms with E-state index in [1.807, 2.05) is 0 Å². The average Bonchev–Trinajstić information content (AvgIpc) is 3.98. The summed E-state index contributed by atoms with van der Waals surface area (Å²) in [5.74, 6) is 1.85. The molecule has 0 N–H and O–H groups in total. The fraction of sp³-hybridized carbons (Fsp3) is 0.0213. The summed E-state index contributed by atoms with van der Waals surface area (Å²) in [7, 11) is 0. The van der Waals surface area contributed by atoms with Crippen LogP contribution >= 0.6 is 0 Å². The van der Waals surface area contributed by atoms with Gasteiger partial charge in [0.15, 0.2) is 0 Å². The van der Waals surface area contributed by atoms with E-state index in [0.29, 0.717) is 0 Å². The molecular weight excluding hydrogens is 637 g/mol. The first kappa shape index (κ1) is 25.0. The van der Waals surface area contributed by atoms with Gasteiger partial charge in [-0.25, -0.2) is 0 Å². The van der Waals surface area contributed by atoms with Crippen LogP contribution in [0.5, 0.6) is 11.5 Å². The summed E-state index contributed by atoms with van der Waals surface area (Å²) in [6, 6.07) is 44.7. The van der Waals surface area contributed by atoms with E-state index >= 15 is 0 Å². The van der Waals surface area contributed by atoms with Crippen molar-refractivity contribution >= 4 is 97.7 Å². The Morgan fingerprint density at radius 3 is 1.21 bits per heavy atom. The third-order valence-corrected chi connectivity index (χ3v) is 12.9. The highest BCUT2D eigenvalue weighted by molar-refractivity contribution is 6.34. The maximum Gasteiger partial charge on any atom is 0.315 e. The zero-order chi connectivity index (χ0) is 33.2. The summed E-state index contributed by atoms with van der Waals surface area (Å²) in [5.41, 5.74) is 6.70. The third-order valence-electron chi connectivity index (χ3n) is 12.9. The summed E-state index contributed by atoms with van der Waals surface area (Å²) < 4.78 is 17.1. The van der Waals surface area contributed by atoms with Gasteiger partial charge in [-0.2, -0.15) is 17.9 Å². The lowest BCUT2D eigenvalue weighted by Gasteiger charge is -2.30. The average molecular weight is 661 g/mol. The van der Waals surface area contributed by atoms with Crippen molar-refractivity contribution in [2.75, 3.05) is 0 Å². The Labute approximate surface area is 293 Å². The highest BCUT2D eigenvalue weighted by atomic mass is 16.5. The summed E-state index contributed by atoms with van der Waals surface area (Å²) in [6.07, 6.45) is 9.24. The molecule has 8 aromatic carbocycles. The van der Waals surface area contributed by atoms with Gasteiger partial charge in [0.2, 0.25) is 0 Å². The zero-order valence-electron chi connectivity index (χ0n) is 27.6. The Morgan fingerprint density at radius 1 is 0.385 bits per heavy atom. The minimum Gasteiger partial charge on any atom is -0.456 e. The molecule has 12 aromatic rings. The lowest BCUT2D eigenvalue weighted by Crippen LogP contribution is -2.71. The molecule has 236 valence electrons. The van der Waals surface area contributed by atoms with E-state index in [-0.39, 0.29) is 0 Å². The zero-order valence-corrected chi connectivity index (χ0v) is 27.6. The topological polar surface area (TPSA) is 25.8 Å². The molecule has 3 aliphatic rings. The molecule has 5 heteroatoms. The van der Waals surface area contributed by atoms with Crippen LogP contribution in [0.2, 0.25) is 0 Å². The standard InChI is InChI=1S/C47H24N4O/c1-5-13-29-25(9-1)27-11-3-7-15-31(27)43-37(29)33-17-19-35-41-39(33)45-48(43)21-23-50(45)47(41)42-36(52-35)20-18-34-38-30-14-6-2-10-26(30)28-12-4-8-16-32(28)44(38)49-22-24-51(47)46(49)40(34)42/h1-24H/q+2. The van der Waals surface area contributed by atoms with E-state index in [9.17, 15) is 0 Å². The predicted molar refractivity (Wildman–Crippen MR) is 207 cm³/mol. The summed E-state index contributed by atoms with van der Waals surface area (Å²) in [4.78, 5) is 0. The molecule has 0 fully saturated rings. The molecule has 0 bridgehead atoms. The predicted octanol–water partition coefficient (Wildman–Crippen LogP) is 10.0. The van der Waals surface area contributed by atoms with Crippen molar-refractivity contribution in [1.29, 1.82) is 0 Å². The van der Waals surface area contributed by atoms with Crippen molar-refractivity contribution in [1.82, 2.24) is 8.80 Å². The second-order valence-corrected chi connectivity index (χ2v) is 14.8. The normalized spacial score (nSPS) is 14.8. The van der Waals surface area contributed by atoms with Gasteiger partial charge in [-0.15, -0.1) is 0 Å². The van der Waals surface area contributed by atoms with Crippen molar-refractivity contribution in [2.45, 2.75) is 5.66 Å². The van der Waals surface area contributed by atoms with Gasteiger partial charge >= 0.3 is 5.66 Å². The summed E-state index contributed by atoms with van der Waals surface area (Å²) in [5, 5.41) is 17.8. The molecule has 4 aromatic heterocycles. The van der Waals surface area contributed by atoms with Crippen molar-refractivity contribution in [3.63, 3.8) is 0 Å². The highest BCUT2D eigenvalue weighted by Gasteiger charge is 2.65. The van der Waals surface area contributed by atoms with Crippen LogP contribution in [0, 0.1) is 0 Å². The Morgan fingerprint density at radius 2 is 0.769 bits per heavy atom. The van der Waals surface area contributed by atoms with Crippen molar-refractivity contribution in [3.8, 4) is 11.5 Å². The SMILES string of the molecule is c1ccc2c(c1)c1ccccc1c1c2c2ccc3c4c2c2n1cc[n+]2C41c2c(ccc4c2c2n(cc[n+]21)c1c2ccccc2c2ccccc2c41)O3. The Hall–Kier alpha value is -6.98. The number of hydrogen-bond acceptors (Lipinski definition) is 1. The van der Waals surface area contributed by atoms with Gasteiger partial charge < -0.3 is 4.74 Å². The molecule has 0 saturated heterocycles. The van der Waals surface area contributed by atoms with E-state index < -0.39 is 5.66 Å². The Bertz CT molecular complexity index is 3540. The number of benzene rings is 8. The van der Waals surface area contributed by atoms with Crippen LogP contribution < -0.4 is 13.9 Å². The molecule has 0 atom stereocenters. The number of hydrogen-bond donors (Lipinski definition) is 0. The van der Waals surface area contributed by atoms with Gasteiger partial charge in [-0.1, -0.05) is 97.1 Å². The first-order valence-electron chi connectivity index (χ1n) is 18.0. The molecule has 15 rings (SSSR count). The third kappa shape index (κ3) is 2.32. The van der Waals surface area contributed by atoms with Gasteiger partial charge in [-0.3, -0.25) is 0 Å². The number of aromatic nitrogens is 4. The maximum atomic E-state index is 7.04. The molecule has 0 aliphatic carbocycles. The van der Waals surface area contributed by atoms with E-state index in [2.05, 4.69) is 164 Å². The fourth-order valence-electron chi connectivity index (χ4n) is 11.2. The summed E-state index contributed by atoms with van der Waals surface area (Å²) >= 11 is 0. The smallest absolute Gasteiger partial charge is 0.315 e. The van der Waals surface area contributed by atoms with Gasteiger partial charge in [0.05, 0.1) is 10.8 Å². The van der Waals surface area contributed by atoms with Crippen LogP contribution in [0.25, 0.3) is 97.7 Å². The summed E-state index contributed by atoms with van der Waals surface area (Å²) in [6.45, 7) is 0. The molecule has 1 spiro atoms. The van der Waals surface area contributed by atoms with E-state index in [1.54, 1.807) is 0 Å². The first-order chi connectivity index (χ1) is 25.8. The van der Waals surface area contributed by atoms with Crippen molar-refractivity contribution in [2.24, 2.45) is 0 Å². The lowest BCUT2D eigenvalue weighted by atomic mass is 9.84. The van der Waals surface area contributed by atoms with Crippen LogP contribution in [0.15, 0.2) is 146 Å². The minimum absolute atomic E-state index is 0.651. The molecule has 0 amide bonds. The molecular formula is C47H24N4O+2. The van der Waals surface area contributed by atoms with Crippen molar-refractivity contribution < 1.29 is 13.9 Å². The first-order valence-corrected chi connectivity index (χ1v) is 18.0. The van der Waals surface area contributed by atoms with Crippen LogP contribution in [-0.4, -0.2) is 8.80 Å². The van der Waals surface area contributed by atoms with Crippen LogP contribution in [0.1, 0.15) is 11.1 Å². The molecule has 0 unspecified atom stereocenters. The van der Waals surface area contributed by atoms with E-state index in [1.165, 1.54) is 109 Å². The monoisotopic (exact) mass is 660 g/mol. The maximum absolute atomic E-state index is 7.04. The van der Waals surface area contributed by atoms with E-state index in [0.717, 1.165) is 11.5 Å².